The second-order valence-electron chi connectivity index (χ2n) is 4.40. The SMILES string of the molecule is O=C(Nc1ccc(OCCO)cc1)c1cc(F)c(F)c(F)c1F. The Hall–Kier alpha value is -2.61. The number of carbonyl (C=O) groups is 1. The number of aliphatic hydroxyl groups is 1. The molecule has 4 nitrogen and oxygen atoms in total. The lowest BCUT2D eigenvalue weighted by Crippen LogP contribution is -2.16. The summed E-state index contributed by atoms with van der Waals surface area (Å²) in [6.07, 6.45) is 0. The third-order valence-corrected chi connectivity index (χ3v) is 2.82. The first-order chi connectivity index (χ1) is 10.9. The van der Waals surface area contributed by atoms with Crippen molar-refractivity contribution in [3.63, 3.8) is 0 Å². The molecule has 0 radical (unpaired) electrons. The predicted molar refractivity (Wildman–Crippen MR) is 73.2 cm³/mol. The van der Waals surface area contributed by atoms with Crippen LogP contribution in [0.15, 0.2) is 30.3 Å². The van der Waals surface area contributed by atoms with Crippen molar-refractivity contribution in [1.82, 2.24) is 0 Å². The number of halogens is 4. The second-order valence-corrected chi connectivity index (χ2v) is 4.40. The van der Waals surface area contributed by atoms with Crippen molar-refractivity contribution in [2.45, 2.75) is 0 Å². The van der Waals surface area contributed by atoms with Crippen LogP contribution in [-0.4, -0.2) is 24.2 Å². The van der Waals surface area contributed by atoms with Crippen molar-refractivity contribution in [2.24, 2.45) is 0 Å². The van der Waals surface area contributed by atoms with Crippen LogP contribution >= 0.6 is 0 Å². The molecule has 23 heavy (non-hydrogen) atoms. The maximum atomic E-state index is 13.5. The highest BCUT2D eigenvalue weighted by molar-refractivity contribution is 6.04. The van der Waals surface area contributed by atoms with E-state index in [4.69, 9.17) is 9.84 Å². The predicted octanol–water partition coefficient (Wildman–Crippen LogP) is 2.87. The van der Waals surface area contributed by atoms with Crippen molar-refractivity contribution in [1.29, 1.82) is 0 Å². The second kappa shape index (κ2) is 7.10. The van der Waals surface area contributed by atoms with Gasteiger partial charge in [-0.15, -0.1) is 0 Å². The van der Waals surface area contributed by atoms with Gasteiger partial charge in [-0.05, 0) is 30.3 Å². The topological polar surface area (TPSA) is 58.6 Å². The van der Waals surface area contributed by atoms with Gasteiger partial charge >= 0.3 is 0 Å². The Morgan fingerprint density at radius 3 is 2.30 bits per heavy atom. The van der Waals surface area contributed by atoms with Crippen molar-refractivity contribution in [3.8, 4) is 5.75 Å². The van der Waals surface area contributed by atoms with E-state index in [1.165, 1.54) is 24.3 Å². The molecule has 0 heterocycles. The van der Waals surface area contributed by atoms with Gasteiger partial charge in [-0.2, -0.15) is 0 Å². The van der Waals surface area contributed by atoms with Crippen LogP contribution in [0.1, 0.15) is 10.4 Å². The largest absolute Gasteiger partial charge is 0.491 e. The summed E-state index contributed by atoms with van der Waals surface area (Å²) in [5.41, 5.74) is -0.752. The van der Waals surface area contributed by atoms with Crippen molar-refractivity contribution in [2.75, 3.05) is 18.5 Å². The Balaban J connectivity index is 2.16. The molecule has 0 bridgehead atoms. The summed E-state index contributed by atoms with van der Waals surface area (Å²) in [5.74, 6) is -8.19. The molecule has 0 aliphatic heterocycles. The first kappa shape index (κ1) is 16.8. The molecule has 1 amide bonds. The zero-order valence-corrected chi connectivity index (χ0v) is 11.6. The Morgan fingerprint density at radius 1 is 1.04 bits per heavy atom. The lowest BCUT2D eigenvalue weighted by molar-refractivity contribution is 0.102. The number of hydrogen-bond acceptors (Lipinski definition) is 3. The van der Waals surface area contributed by atoms with E-state index in [0.29, 0.717) is 5.75 Å². The molecule has 0 aromatic heterocycles. The molecule has 2 N–H and O–H groups in total. The van der Waals surface area contributed by atoms with E-state index < -0.39 is 34.7 Å². The minimum atomic E-state index is -2.05. The normalized spacial score (nSPS) is 10.5. The molecule has 0 unspecified atom stereocenters. The molecule has 122 valence electrons. The van der Waals surface area contributed by atoms with Gasteiger partial charge in [0.1, 0.15) is 12.4 Å². The number of rotatable bonds is 5. The van der Waals surface area contributed by atoms with Gasteiger partial charge in [0.15, 0.2) is 23.3 Å². The van der Waals surface area contributed by atoms with Crippen LogP contribution in [-0.2, 0) is 0 Å². The van der Waals surface area contributed by atoms with Gasteiger partial charge in [-0.3, -0.25) is 4.79 Å². The highest BCUT2D eigenvalue weighted by Crippen LogP contribution is 2.21. The van der Waals surface area contributed by atoms with Crippen LogP contribution in [0.5, 0.6) is 5.75 Å². The first-order valence-electron chi connectivity index (χ1n) is 6.42. The highest BCUT2D eigenvalue weighted by atomic mass is 19.2. The number of ether oxygens (including phenoxy) is 1. The minimum Gasteiger partial charge on any atom is -0.491 e. The molecule has 0 fully saturated rings. The van der Waals surface area contributed by atoms with Gasteiger partial charge in [0.25, 0.3) is 5.91 Å². The van der Waals surface area contributed by atoms with Gasteiger partial charge in [0.2, 0.25) is 0 Å². The van der Waals surface area contributed by atoms with E-state index >= 15 is 0 Å². The first-order valence-corrected chi connectivity index (χ1v) is 6.42. The van der Waals surface area contributed by atoms with Gasteiger partial charge in [0.05, 0.1) is 12.2 Å². The lowest BCUT2D eigenvalue weighted by Gasteiger charge is -2.09. The van der Waals surface area contributed by atoms with Gasteiger partial charge in [0, 0.05) is 5.69 Å². The average molecular weight is 329 g/mol. The fourth-order valence-electron chi connectivity index (χ4n) is 1.73. The van der Waals surface area contributed by atoms with Crippen LogP contribution in [0.25, 0.3) is 0 Å². The molecule has 0 aliphatic carbocycles. The van der Waals surface area contributed by atoms with Gasteiger partial charge < -0.3 is 15.2 Å². The molecule has 0 atom stereocenters. The summed E-state index contributed by atoms with van der Waals surface area (Å²) in [7, 11) is 0. The van der Waals surface area contributed by atoms with E-state index in [-0.39, 0.29) is 25.0 Å². The number of benzene rings is 2. The lowest BCUT2D eigenvalue weighted by atomic mass is 10.1. The molecular formula is C15H11F4NO3. The third kappa shape index (κ3) is 3.78. The smallest absolute Gasteiger partial charge is 0.258 e. The Morgan fingerprint density at radius 2 is 1.70 bits per heavy atom. The van der Waals surface area contributed by atoms with Crippen LogP contribution < -0.4 is 10.1 Å². The molecule has 0 spiro atoms. The Bertz CT molecular complexity index is 720. The van der Waals surface area contributed by atoms with Crippen molar-refractivity contribution in [3.05, 3.63) is 59.2 Å². The minimum absolute atomic E-state index is 0.0883. The van der Waals surface area contributed by atoms with Gasteiger partial charge in [-0.1, -0.05) is 0 Å². The van der Waals surface area contributed by atoms with E-state index in [1.807, 2.05) is 0 Å². The fourth-order valence-corrected chi connectivity index (χ4v) is 1.73. The number of carbonyl (C=O) groups excluding carboxylic acids is 1. The summed E-state index contributed by atoms with van der Waals surface area (Å²) < 4.78 is 57.7. The fraction of sp³-hybridized carbons (Fsp3) is 0.133. The number of anilines is 1. The maximum absolute atomic E-state index is 13.5. The summed E-state index contributed by atoms with van der Waals surface area (Å²) in [6.45, 7) is -0.0789. The van der Waals surface area contributed by atoms with E-state index in [9.17, 15) is 22.4 Å². The Labute approximate surface area is 128 Å². The molecule has 0 saturated heterocycles. The molecular weight excluding hydrogens is 318 g/mol. The Kier molecular flexibility index (Phi) is 5.17. The molecule has 2 aromatic rings. The zero-order valence-electron chi connectivity index (χ0n) is 11.6. The number of amides is 1. The maximum Gasteiger partial charge on any atom is 0.258 e. The van der Waals surface area contributed by atoms with Crippen LogP contribution in [0.3, 0.4) is 0 Å². The average Bonchev–Trinajstić information content (AvgIpc) is 2.55. The monoisotopic (exact) mass is 329 g/mol. The van der Waals surface area contributed by atoms with E-state index in [1.54, 1.807) is 0 Å². The summed E-state index contributed by atoms with van der Waals surface area (Å²) in [5, 5.41) is 10.8. The molecule has 0 saturated carbocycles. The molecule has 0 aliphatic rings. The van der Waals surface area contributed by atoms with Crippen molar-refractivity contribution < 1.29 is 32.2 Å². The standard InChI is InChI=1S/C15H11F4NO3/c16-11-7-10(12(17)14(19)13(11)18)15(22)20-8-1-3-9(4-2-8)23-6-5-21/h1-4,7,21H,5-6H2,(H,20,22). The number of aliphatic hydroxyl groups excluding tert-OH is 1. The van der Waals surface area contributed by atoms with E-state index in [0.717, 1.165) is 0 Å². The number of hydrogen-bond donors (Lipinski definition) is 2. The zero-order chi connectivity index (χ0) is 17.0. The van der Waals surface area contributed by atoms with Crippen LogP contribution in [0.2, 0.25) is 0 Å². The van der Waals surface area contributed by atoms with Crippen LogP contribution in [0.4, 0.5) is 23.2 Å². The van der Waals surface area contributed by atoms with Crippen molar-refractivity contribution >= 4 is 11.6 Å². The number of nitrogens with one attached hydrogen (secondary N) is 1. The van der Waals surface area contributed by atoms with Gasteiger partial charge in [-0.25, -0.2) is 17.6 Å². The molecule has 2 aromatic carbocycles. The molecule has 8 heteroatoms. The van der Waals surface area contributed by atoms with Crippen LogP contribution in [0, 0.1) is 23.3 Å². The molecule has 2 rings (SSSR count). The highest BCUT2D eigenvalue weighted by Gasteiger charge is 2.23. The third-order valence-electron chi connectivity index (χ3n) is 2.82. The summed E-state index contributed by atoms with van der Waals surface area (Å²) in [4.78, 5) is 11.8. The van der Waals surface area contributed by atoms with E-state index in [2.05, 4.69) is 5.32 Å². The summed E-state index contributed by atoms with van der Waals surface area (Å²) in [6, 6.07) is 6.01. The quantitative estimate of drug-likeness (QED) is 0.504. The summed E-state index contributed by atoms with van der Waals surface area (Å²) >= 11 is 0.